The van der Waals surface area contributed by atoms with Gasteiger partial charge in [0, 0.05) is 0 Å². The number of hydrogen-bond donors (Lipinski definition) is 1. The monoisotopic (exact) mass is 291 g/mol. The van der Waals surface area contributed by atoms with Gasteiger partial charge in [-0.25, -0.2) is 9.82 Å². The molecule has 0 aliphatic carbocycles. The molecule has 0 unspecified atom stereocenters. The Morgan fingerprint density at radius 2 is 2.05 bits per heavy atom. The Balaban J connectivity index is 1.86. The molecule has 0 spiro atoms. The molecule has 1 aromatic carbocycles. The van der Waals surface area contributed by atoms with Crippen molar-refractivity contribution in [3.05, 3.63) is 63.7 Å². The second kappa shape index (κ2) is 6.42. The summed E-state index contributed by atoms with van der Waals surface area (Å²) >= 11 is 0. The van der Waals surface area contributed by atoms with Gasteiger partial charge in [-0.05, 0) is 23.8 Å². The number of carbonyl (C=O) groups is 1. The molecule has 108 valence electrons. The van der Waals surface area contributed by atoms with E-state index in [1.807, 2.05) is 0 Å². The molecule has 0 fully saturated rings. The van der Waals surface area contributed by atoms with Crippen LogP contribution in [0.15, 0.2) is 45.9 Å². The number of amides is 1. The Bertz CT molecular complexity index is 679. The van der Waals surface area contributed by atoms with Gasteiger partial charge in [-0.15, -0.1) is 0 Å². The van der Waals surface area contributed by atoms with E-state index >= 15 is 0 Å². The Hall–Kier alpha value is -3.03. The number of nitro groups is 1. The first-order valence-corrected chi connectivity index (χ1v) is 5.85. The van der Waals surface area contributed by atoms with Crippen LogP contribution in [0.4, 0.5) is 10.3 Å². The molecule has 2 aromatic rings. The van der Waals surface area contributed by atoms with Crippen molar-refractivity contribution in [3.8, 4) is 0 Å². The quantitative estimate of drug-likeness (QED) is 0.517. The fraction of sp³-hybridized carbons (Fsp3) is 0.0769. The second-order valence-corrected chi connectivity index (χ2v) is 4.03. The third kappa shape index (κ3) is 4.23. The van der Waals surface area contributed by atoms with Crippen LogP contribution in [0.2, 0.25) is 0 Å². The summed E-state index contributed by atoms with van der Waals surface area (Å²) in [5, 5.41) is 14.0. The molecule has 1 heterocycles. The minimum absolute atomic E-state index is 0.0376. The van der Waals surface area contributed by atoms with Gasteiger partial charge < -0.3 is 4.42 Å². The zero-order chi connectivity index (χ0) is 15.2. The van der Waals surface area contributed by atoms with Crippen molar-refractivity contribution < 1.29 is 18.5 Å². The van der Waals surface area contributed by atoms with Gasteiger partial charge in [0.2, 0.25) is 5.91 Å². The Kier molecular flexibility index (Phi) is 4.39. The Morgan fingerprint density at radius 1 is 1.33 bits per heavy atom. The van der Waals surface area contributed by atoms with Crippen molar-refractivity contribution in [2.45, 2.75) is 6.42 Å². The number of carbonyl (C=O) groups excluding carboxylic acids is 1. The van der Waals surface area contributed by atoms with Gasteiger partial charge in [0.15, 0.2) is 5.76 Å². The maximum Gasteiger partial charge on any atom is 0.433 e. The van der Waals surface area contributed by atoms with E-state index in [4.69, 9.17) is 4.42 Å². The highest BCUT2D eigenvalue weighted by atomic mass is 19.1. The summed E-state index contributed by atoms with van der Waals surface area (Å²) in [5.41, 5.74) is 2.88. The van der Waals surface area contributed by atoms with Crippen LogP contribution >= 0.6 is 0 Å². The summed E-state index contributed by atoms with van der Waals surface area (Å²) in [6, 6.07) is 8.04. The predicted octanol–water partition coefficient (Wildman–Crippen LogP) is 2.02. The van der Waals surface area contributed by atoms with E-state index < -0.39 is 16.7 Å². The van der Waals surface area contributed by atoms with Gasteiger partial charge in [-0.1, -0.05) is 12.1 Å². The van der Waals surface area contributed by atoms with Crippen molar-refractivity contribution >= 4 is 18.0 Å². The average molecular weight is 291 g/mol. The molecule has 0 aliphatic heterocycles. The van der Waals surface area contributed by atoms with Gasteiger partial charge in [0.25, 0.3) is 0 Å². The molecule has 8 heteroatoms. The highest BCUT2D eigenvalue weighted by molar-refractivity contribution is 5.81. The van der Waals surface area contributed by atoms with Crippen LogP contribution in [-0.2, 0) is 11.2 Å². The summed E-state index contributed by atoms with van der Waals surface area (Å²) in [6.07, 6.45) is 1.19. The van der Waals surface area contributed by atoms with Crippen LogP contribution in [0.3, 0.4) is 0 Å². The summed E-state index contributed by atoms with van der Waals surface area (Å²) in [6.45, 7) is 0. The van der Waals surface area contributed by atoms with Crippen molar-refractivity contribution in [2.75, 3.05) is 0 Å². The molecule has 1 amide bonds. The molecule has 0 radical (unpaired) electrons. The number of halogens is 1. The van der Waals surface area contributed by atoms with E-state index in [0.717, 1.165) is 6.21 Å². The van der Waals surface area contributed by atoms with E-state index in [0.29, 0.717) is 5.56 Å². The van der Waals surface area contributed by atoms with Crippen LogP contribution in [0.5, 0.6) is 0 Å². The van der Waals surface area contributed by atoms with E-state index in [1.54, 1.807) is 0 Å². The molecule has 0 saturated carbocycles. The smallest absolute Gasteiger partial charge is 0.400 e. The largest absolute Gasteiger partial charge is 0.433 e. The lowest BCUT2D eigenvalue weighted by Crippen LogP contribution is -2.19. The fourth-order valence-electron chi connectivity index (χ4n) is 1.50. The summed E-state index contributed by atoms with van der Waals surface area (Å²) in [7, 11) is 0. The van der Waals surface area contributed by atoms with Gasteiger partial charge in [0.1, 0.15) is 10.7 Å². The third-order valence-corrected chi connectivity index (χ3v) is 2.45. The minimum Gasteiger partial charge on any atom is -0.400 e. The molecule has 7 nitrogen and oxygen atoms in total. The first-order chi connectivity index (χ1) is 10.0. The number of rotatable bonds is 5. The molecule has 21 heavy (non-hydrogen) atoms. The van der Waals surface area contributed by atoms with Gasteiger partial charge >= 0.3 is 5.88 Å². The van der Waals surface area contributed by atoms with E-state index in [2.05, 4.69) is 10.5 Å². The van der Waals surface area contributed by atoms with E-state index in [1.165, 1.54) is 36.4 Å². The lowest BCUT2D eigenvalue weighted by molar-refractivity contribution is -0.402. The lowest BCUT2D eigenvalue weighted by atomic mass is 10.1. The maximum absolute atomic E-state index is 12.7. The van der Waals surface area contributed by atoms with Gasteiger partial charge in [-0.3, -0.25) is 14.9 Å². The first kappa shape index (κ1) is 14.4. The predicted molar refractivity (Wildman–Crippen MR) is 71.2 cm³/mol. The van der Waals surface area contributed by atoms with Crippen molar-refractivity contribution in [1.82, 2.24) is 5.43 Å². The Labute approximate surface area is 118 Å². The van der Waals surface area contributed by atoms with Gasteiger partial charge in [-0.2, -0.15) is 5.10 Å². The Morgan fingerprint density at radius 3 is 2.67 bits per heavy atom. The molecule has 1 aromatic heterocycles. The van der Waals surface area contributed by atoms with Crippen LogP contribution in [0, 0.1) is 15.9 Å². The molecule has 2 rings (SSSR count). The summed E-state index contributed by atoms with van der Waals surface area (Å²) in [5.74, 6) is -1.05. The highest BCUT2D eigenvalue weighted by Crippen LogP contribution is 2.13. The van der Waals surface area contributed by atoms with Crippen molar-refractivity contribution in [3.63, 3.8) is 0 Å². The number of benzene rings is 1. The van der Waals surface area contributed by atoms with Crippen molar-refractivity contribution in [1.29, 1.82) is 0 Å². The number of hydrogen-bond acceptors (Lipinski definition) is 5. The van der Waals surface area contributed by atoms with Gasteiger partial charge in [0.05, 0.1) is 18.7 Å². The number of nitrogens with one attached hydrogen (secondary N) is 1. The second-order valence-electron chi connectivity index (χ2n) is 4.03. The molecule has 0 atom stereocenters. The fourth-order valence-corrected chi connectivity index (χ4v) is 1.50. The molecule has 0 saturated heterocycles. The average Bonchev–Trinajstić information content (AvgIpc) is 2.90. The standard InChI is InChI=1S/C13H10FN3O4/c14-10-3-1-9(2-4-10)7-12(18)16-15-8-11-5-6-13(21-11)17(19)20/h1-6,8H,7H2,(H,16,18)/b15-8+. The SMILES string of the molecule is O=C(Cc1ccc(F)cc1)N/N=C/c1ccc([N+](=O)[O-])o1. The minimum atomic E-state index is -0.676. The summed E-state index contributed by atoms with van der Waals surface area (Å²) < 4.78 is 17.5. The van der Waals surface area contributed by atoms with Crippen LogP contribution in [-0.4, -0.2) is 17.0 Å². The molecule has 0 aliphatic rings. The van der Waals surface area contributed by atoms with E-state index in [-0.39, 0.29) is 18.0 Å². The number of nitrogens with zero attached hydrogens (tertiary/aromatic N) is 2. The van der Waals surface area contributed by atoms with Crippen LogP contribution < -0.4 is 5.43 Å². The van der Waals surface area contributed by atoms with Crippen LogP contribution in [0.1, 0.15) is 11.3 Å². The first-order valence-electron chi connectivity index (χ1n) is 5.85. The zero-order valence-electron chi connectivity index (χ0n) is 10.7. The molecular weight excluding hydrogens is 281 g/mol. The normalized spacial score (nSPS) is 10.7. The lowest BCUT2D eigenvalue weighted by Gasteiger charge is -1.99. The highest BCUT2D eigenvalue weighted by Gasteiger charge is 2.10. The summed E-state index contributed by atoms with van der Waals surface area (Å²) in [4.78, 5) is 21.3. The molecular formula is C13H10FN3O4. The van der Waals surface area contributed by atoms with Crippen molar-refractivity contribution in [2.24, 2.45) is 5.10 Å². The molecule has 1 N–H and O–H groups in total. The van der Waals surface area contributed by atoms with Crippen LogP contribution in [0.25, 0.3) is 0 Å². The molecule has 0 bridgehead atoms. The van der Waals surface area contributed by atoms with E-state index in [9.17, 15) is 19.3 Å². The number of hydrazone groups is 1. The third-order valence-electron chi connectivity index (χ3n) is 2.45. The number of furan rings is 1. The maximum atomic E-state index is 12.7. The topological polar surface area (TPSA) is 97.7 Å². The zero-order valence-corrected chi connectivity index (χ0v) is 10.7.